The predicted molar refractivity (Wildman–Crippen MR) is 128 cm³/mol. The van der Waals surface area contributed by atoms with Gasteiger partial charge in [0.25, 0.3) is 0 Å². The van der Waals surface area contributed by atoms with Crippen molar-refractivity contribution in [3.05, 3.63) is 70.0 Å². The summed E-state index contributed by atoms with van der Waals surface area (Å²) in [5, 5.41) is 3.56. The van der Waals surface area contributed by atoms with E-state index in [2.05, 4.69) is 5.32 Å². The molecule has 3 atom stereocenters. The van der Waals surface area contributed by atoms with Gasteiger partial charge >= 0.3 is 18.4 Å². The highest BCUT2D eigenvalue weighted by molar-refractivity contribution is 5.75. The summed E-state index contributed by atoms with van der Waals surface area (Å²) in [4.78, 5) is 16.4. The smallest absolute Gasteiger partial charge is 0.321 e. The molecule has 1 saturated heterocycles. The zero-order chi connectivity index (χ0) is 28.0. The molecule has 0 aromatic heterocycles. The Morgan fingerprint density at radius 3 is 2.11 bits per heavy atom. The maximum atomic E-state index is 13.8. The van der Waals surface area contributed by atoms with Gasteiger partial charge in [-0.05, 0) is 86.6 Å². The molecule has 4 nitrogen and oxygen atoms in total. The van der Waals surface area contributed by atoms with Crippen molar-refractivity contribution < 1.29 is 35.5 Å². The number of rotatable bonds is 5. The molecular formula is C27H30F7N3O. The molecule has 1 saturated carbocycles. The van der Waals surface area contributed by atoms with Crippen LogP contribution in [0, 0.1) is 12.7 Å². The summed E-state index contributed by atoms with van der Waals surface area (Å²) in [6, 6.07) is 4.21. The van der Waals surface area contributed by atoms with Crippen LogP contribution in [0.3, 0.4) is 0 Å². The molecule has 2 fully saturated rings. The third-order valence-corrected chi connectivity index (χ3v) is 7.46. The lowest BCUT2D eigenvalue weighted by molar-refractivity contribution is -0.143. The van der Waals surface area contributed by atoms with Crippen LogP contribution in [0.4, 0.5) is 35.5 Å². The van der Waals surface area contributed by atoms with Crippen LogP contribution in [-0.4, -0.2) is 41.5 Å². The van der Waals surface area contributed by atoms with E-state index in [1.54, 1.807) is 17.9 Å². The number of hydrogen-bond donors (Lipinski definition) is 1. The van der Waals surface area contributed by atoms with Crippen molar-refractivity contribution in [1.82, 2.24) is 15.1 Å². The summed E-state index contributed by atoms with van der Waals surface area (Å²) in [7, 11) is 1.36. The number of alkyl halides is 6. The number of carbonyl (C=O) groups is 1. The first-order valence-corrected chi connectivity index (χ1v) is 12.5. The van der Waals surface area contributed by atoms with E-state index in [4.69, 9.17) is 0 Å². The highest BCUT2D eigenvalue weighted by Gasteiger charge is 2.40. The average molecular weight is 546 g/mol. The Morgan fingerprint density at radius 1 is 0.974 bits per heavy atom. The molecule has 0 spiro atoms. The zero-order valence-electron chi connectivity index (χ0n) is 21.3. The number of halogens is 7. The Morgan fingerprint density at radius 2 is 1.58 bits per heavy atom. The molecule has 2 aliphatic rings. The van der Waals surface area contributed by atoms with Crippen molar-refractivity contribution in [2.45, 2.75) is 76.1 Å². The highest BCUT2D eigenvalue weighted by atomic mass is 19.4. The molecule has 2 aromatic carbocycles. The summed E-state index contributed by atoms with van der Waals surface area (Å²) in [6.45, 7) is 3.47. The number of piperidine rings is 1. The number of amides is 2. The summed E-state index contributed by atoms with van der Waals surface area (Å²) in [5.74, 6) is -0.414. The fourth-order valence-electron chi connectivity index (χ4n) is 5.05. The van der Waals surface area contributed by atoms with Crippen LogP contribution < -0.4 is 5.32 Å². The number of nitrogens with zero attached hydrogens (tertiary/aromatic N) is 2. The summed E-state index contributed by atoms with van der Waals surface area (Å²) < 4.78 is 94.2. The van der Waals surface area contributed by atoms with Crippen molar-refractivity contribution in [3.63, 3.8) is 0 Å². The minimum absolute atomic E-state index is 0.0724. The summed E-state index contributed by atoms with van der Waals surface area (Å²) in [5.41, 5.74) is -1.73. The molecule has 2 amide bonds. The maximum Gasteiger partial charge on any atom is 0.416 e. The number of aryl methyl sites for hydroxylation is 1. The van der Waals surface area contributed by atoms with Crippen LogP contribution >= 0.6 is 0 Å². The van der Waals surface area contributed by atoms with E-state index in [0.717, 1.165) is 23.3 Å². The SMILES string of the molecule is Cc1cc(F)ccc1[C@H]1C[C@H](NC2CC2)CCN1C(=O)N(C)[C@H](C)c1cc(C(F)(F)F)cc(C(F)(F)F)c1. The van der Waals surface area contributed by atoms with Gasteiger partial charge in [0.2, 0.25) is 0 Å². The molecule has 0 unspecified atom stereocenters. The molecule has 4 rings (SSSR count). The third kappa shape index (κ3) is 6.24. The average Bonchev–Trinajstić information content (AvgIpc) is 3.65. The number of benzene rings is 2. The fraction of sp³-hybridized carbons (Fsp3) is 0.519. The first kappa shape index (κ1) is 28.2. The van der Waals surface area contributed by atoms with Crippen LogP contribution in [0.2, 0.25) is 0 Å². The third-order valence-electron chi connectivity index (χ3n) is 7.46. The van der Waals surface area contributed by atoms with Crippen molar-refractivity contribution in [3.8, 4) is 0 Å². The quantitative estimate of drug-likeness (QED) is 0.402. The number of nitrogens with one attached hydrogen (secondary N) is 1. The van der Waals surface area contributed by atoms with Gasteiger partial charge in [-0.1, -0.05) is 6.07 Å². The van der Waals surface area contributed by atoms with E-state index in [-0.39, 0.29) is 17.7 Å². The Labute approximate surface area is 216 Å². The van der Waals surface area contributed by atoms with Crippen molar-refractivity contribution in [2.24, 2.45) is 0 Å². The highest BCUT2D eigenvalue weighted by Crippen LogP contribution is 2.40. The summed E-state index contributed by atoms with van der Waals surface area (Å²) >= 11 is 0. The first-order chi connectivity index (χ1) is 17.6. The van der Waals surface area contributed by atoms with Crippen LogP contribution in [0.1, 0.15) is 72.5 Å². The summed E-state index contributed by atoms with van der Waals surface area (Å²) in [6.07, 6.45) is -6.62. The second kappa shape index (κ2) is 10.4. The molecule has 1 aliphatic heterocycles. The van der Waals surface area contributed by atoms with Crippen LogP contribution in [-0.2, 0) is 12.4 Å². The Hall–Kier alpha value is -2.82. The number of carbonyl (C=O) groups excluding carboxylic acids is 1. The van der Waals surface area contributed by atoms with Gasteiger partial charge in [0, 0.05) is 25.7 Å². The fourth-order valence-corrected chi connectivity index (χ4v) is 5.05. The molecule has 1 N–H and O–H groups in total. The second-order valence-electron chi connectivity index (χ2n) is 10.3. The molecule has 1 heterocycles. The molecule has 1 aliphatic carbocycles. The second-order valence-corrected chi connectivity index (χ2v) is 10.3. The first-order valence-electron chi connectivity index (χ1n) is 12.5. The molecule has 0 radical (unpaired) electrons. The van der Waals surface area contributed by atoms with Crippen molar-refractivity contribution in [1.29, 1.82) is 0 Å². The zero-order valence-corrected chi connectivity index (χ0v) is 21.3. The van der Waals surface area contributed by atoms with E-state index in [0.29, 0.717) is 43.1 Å². The monoisotopic (exact) mass is 545 g/mol. The number of hydrogen-bond acceptors (Lipinski definition) is 2. The van der Waals surface area contributed by atoms with Crippen molar-refractivity contribution >= 4 is 6.03 Å². The van der Waals surface area contributed by atoms with Crippen molar-refractivity contribution in [2.75, 3.05) is 13.6 Å². The Bertz CT molecular complexity index is 1140. The number of urea groups is 1. The van der Waals surface area contributed by atoms with Gasteiger partial charge in [-0.3, -0.25) is 0 Å². The van der Waals surface area contributed by atoms with Crippen LogP contribution in [0.15, 0.2) is 36.4 Å². The van der Waals surface area contributed by atoms with Gasteiger partial charge in [0.05, 0.1) is 23.2 Å². The molecule has 0 bridgehead atoms. The van der Waals surface area contributed by atoms with E-state index in [1.165, 1.54) is 26.1 Å². The van der Waals surface area contributed by atoms with E-state index in [9.17, 15) is 35.5 Å². The molecule has 208 valence electrons. The molecule has 38 heavy (non-hydrogen) atoms. The van der Waals surface area contributed by atoms with Gasteiger partial charge in [0.15, 0.2) is 0 Å². The Kier molecular flexibility index (Phi) is 7.71. The minimum Gasteiger partial charge on any atom is -0.321 e. The van der Waals surface area contributed by atoms with Gasteiger partial charge in [-0.15, -0.1) is 0 Å². The normalized spacial score (nSPS) is 21.4. The van der Waals surface area contributed by atoms with Crippen LogP contribution in [0.25, 0.3) is 0 Å². The van der Waals surface area contributed by atoms with Gasteiger partial charge in [-0.25, -0.2) is 9.18 Å². The van der Waals surface area contributed by atoms with Gasteiger partial charge in [-0.2, -0.15) is 26.3 Å². The maximum absolute atomic E-state index is 13.8. The number of likely N-dealkylation sites (tertiary alicyclic amines) is 1. The van der Waals surface area contributed by atoms with E-state index < -0.39 is 47.4 Å². The Balaban J connectivity index is 1.63. The lowest BCUT2D eigenvalue weighted by atomic mass is 9.89. The van der Waals surface area contributed by atoms with Crippen LogP contribution in [0.5, 0.6) is 0 Å². The lowest BCUT2D eigenvalue weighted by Crippen LogP contribution is -2.51. The lowest BCUT2D eigenvalue weighted by Gasteiger charge is -2.43. The van der Waals surface area contributed by atoms with Gasteiger partial charge < -0.3 is 15.1 Å². The van der Waals surface area contributed by atoms with Gasteiger partial charge in [0.1, 0.15) is 5.82 Å². The van der Waals surface area contributed by atoms with E-state index in [1.807, 2.05) is 0 Å². The topological polar surface area (TPSA) is 35.6 Å². The minimum atomic E-state index is -4.99. The largest absolute Gasteiger partial charge is 0.416 e. The molecule has 11 heteroatoms. The standard InChI is InChI=1S/C27H30F7N3O/c1-15-10-20(28)4-7-23(15)24-14-22(35-21-5-6-21)8-9-37(24)25(38)36(3)16(2)17-11-18(26(29,30)31)13-19(12-17)27(32,33)34/h4,7,10-13,16,21-22,24,35H,5-6,8-9,14H2,1-3H3/t16-,22-,24-/m1/s1. The molecular weight excluding hydrogens is 515 g/mol. The predicted octanol–water partition coefficient (Wildman–Crippen LogP) is 7.24. The van der Waals surface area contributed by atoms with E-state index >= 15 is 0 Å². The molecule has 2 aromatic rings.